The molecular weight excluding hydrogens is 442 g/mol. The predicted octanol–water partition coefficient (Wildman–Crippen LogP) is 3.25. The zero-order valence-electron chi connectivity index (χ0n) is 20.8. The molecule has 2 unspecified atom stereocenters. The van der Waals surface area contributed by atoms with Crippen LogP contribution in [0.25, 0.3) is 0 Å². The van der Waals surface area contributed by atoms with Gasteiger partial charge in [0.15, 0.2) is 0 Å². The van der Waals surface area contributed by atoms with Gasteiger partial charge in [0, 0.05) is 37.3 Å². The Morgan fingerprint density at radius 3 is 2.60 bits per heavy atom. The van der Waals surface area contributed by atoms with Gasteiger partial charge >= 0.3 is 0 Å². The fourth-order valence-electron chi connectivity index (χ4n) is 4.69. The molecule has 1 saturated heterocycles. The van der Waals surface area contributed by atoms with E-state index in [0.717, 1.165) is 44.2 Å². The fourth-order valence-corrected chi connectivity index (χ4v) is 4.69. The van der Waals surface area contributed by atoms with E-state index in [2.05, 4.69) is 32.7 Å². The standard InChI is InChI=1S/C27H37N5O3/c1-18-8-6-7-13-32(18)25(34)16-23(31-24(33)15-21-11-12-21)27(35)29-19(2)26-28-17-22(30-26)14-20-9-4-3-5-10-20/h3-5,9-10,17-19,21,23H,6-8,11-16H2,1-2H3,(H,28,30)(H,29,35)(H,31,33)/t18?,19-,23?/m0/s1. The molecule has 2 heterocycles. The van der Waals surface area contributed by atoms with Crippen molar-refractivity contribution in [2.24, 2.45) is 5.92 Å². The van der Waals surface area contributed by atoms with Gasteiger partial charge in [0.2, 0.25) is 17.7 Å². The number of hydrogen-bond donors (Lipinski definition) is 3. The van der Waals surface area contributed by atoms with E-state index in [1.165, 1.54) is 5.56 Å². The number of amides is 3. The molecule has 0 radical (unpaired) electrons. The topological polar surface area (TPSA) is 107 Å². The molecule has 8 heteroatoms. The minimum Gasteiger partial charge on any atom is -0.345 e. The molecule has 2 aliphatic rings. The first kappa shape index (κ1) is 24.9. The van der Waals surface area contributed by atoms with Gasteiger partial charge in [-0.2, -0.15) is 0 Å². The zero-order valence-corrected chi connectivity index (χ0v) is 20.8. The number of nitrogens with one attached hydrogen (secondary N) is 3. The molecule has 8 nitrogen and oxygen atoms in total. The third kappa shape index (κ3) is 7.16. The van der Waals surface area contributed by atoms with Crippen molar-refractivity contribution in [1.29, 1.82) is 0 Å². The first-order valence-corrected chi connectivity index (χ1v) is 12.9. The van der Waals surface area contributed by atoms with Gasteiger partial charge in [-0.25, -0.2) is 4.98 Å². The van der Waals surface area contributed by atoms with E-state index in [-0.39, 0.29) is 36.2 Å². The molecular formula is C27H37N5O3. The maximum Gasteiger partial charge on any atom is 0.243 e. The van der Waals surface area contributed by atoms with Crippen LogP contribution in [0.5, 0.6) is 0 Å². The number of imidazole rings is 1. The Morgan fingerprint density at radius 2 is 1.89 bits per heavy atom. The van der Waals surface area contributed by atoms with Crippen LogP contribution in [0.1, 0.15) is 81.9 Å². The maximum atomic E-state index is 13.2. The minimum absolute atomic E-state index is 0.0310. The number of carbonyl (C=O) groups excluding carboxylic acids is 3. The summed E-state index contributed by atoms with van der Waals surface area (Å²) in [5.41, 5.74) is 2.12. The van der Waals surface area contributed by atoms with E-state index in [4.69, 9.17) is 0 Å². The van der Waals surface area contributed by atoms with E-state index >= 15 is 0 Å². The monoisotopic (exact) mass is 479 g/mol. The highest BCUT2D eigenvalue weighted by atomic mass is 16.2. The Morgan fingerprint density at radius 1 is 1.11 bits per heavy atom. The first-order valence-electron chi connectivity index (χ1n) is 12.9. The van der Waals surface area contributed by atoms with Gasteiger partial charge in [-0.1, -0.05) is 30.3 Å². The Hall–Kier alpha value is -3.16. The summed E-state index contributed by atoms with van der Waals surface area (Å²) in [7, 11) is 0. The van der Waals surface area contributed by atoms with Crippen molar-refractivity contribution in [3.63, 3.8) is 0 Å². The maximum absolute atomic E-state index is 13.2. The summed E-state index contributed by atoms with van der Waals surface area (Å²) < 4.78 is 0. The second-order valence-corrected chi connectivity index (χ2v) is 10.1. The molecule has 4 rings (SSSR count). The molecule has 0 bridgehead atoms. The van der Waals surface area contributed by atoms with Crippen LogP contribution in [-0.2, 0) is 20.8 Å². The number of aromatic nitrogens is 2. The molecule has 188 valence electrons. The van der Waals surface area contributed by atoms with Crippen LogP contribution in [0.4, 0.5) is 0 Å². The van der Waals surface area contributed by atoms with Crippen LogP contribution < -0.4 is 10.6 Å². The average Bonchev–Trinajstić information content (AvgIpc) is 3.53. The molecule has 2 fully saturated rings. The Balaban J connectivity index is 1.38. The van der Waals surface area contributed by atoms with Crippen LogP contribution >= 0.6 is 0 Å². The summed E-state index contributed by atoms with van der Waals surface area (Å²) in [6.07, 6.45) is 8.04. The van der Waals surface area contributed by atoms with Crippen LogP contribution in [0, 0.1) is 5.92 Å². The quantitative estimate of drug-likeness (QED) is 0.486. The van der Waals surface area contributed by atoms with Gasteiger partial charge in [-0.05, 0) is 57.4 Å². The van der Waals surface area contributed by atoms with Gasteiger partial charge in [-0.15, -0.1) is 0 Å². The van der Waals surface area contributed by atoms with Crippen LogP contribution in [-0.4, -0.2) is 51.2 Å². The second-order valence-electron chi connectivity index (χ2n) is 10.1. The normalized spacial score (nSPS) is 19.6. The highest BCUT2D eigenvalue weighted by Crippen LogP contribution is 2.32. The summed E-state index contributed by atoms with van der Waals surface area (Å²) in [4.78, 5) is 48.4. The van der Waals surface area contributed by atoms with Gasteiger partial charge in [0.1, 0.15) is 11.9 Å². The van der Waals surface area contributed by atoms with E-state index in [1.54, 1.807) is 6.20 Å². The van der Waals surface area contributed by atoms with Crippen LogP contribution in [0.3, 0.4) is 0 Å². The van der Waals surface area contributed by atoms with Crippen molar-refractivity contribution in [2.75, 3.05) is 6.54 Å². The predicted molar refractivity (Wildman–Crippen MR) is 133 cm³/mol. The van der Waals surface area contributed by atoms with Crippen molar-refractivity contribution in [3.8, 4) is 0 Å². The molecule has 3 amide bonds. The molecule has 1 aliphatic heterocycles. The average molecular weight is 480 g/mol. The molecule has 1 aliphatic carbocycles. The third-order valence-electron chi connectivity index (χ3n) is 6.98. The number of H-pyrrole nitrogens is 1. The highest BCUT2D eigenvalue weighted by molar-refractivity contribution is 5.92. The van der Waals surface area contributed by atoms with Crippen molar-refractivity contribution in [3.05, 3.63) is 53.6 Å². The summed E-state index contributed by atoms with van der Waals surface area (Å²) in [5.74, 6) is 0.438. The van der Waals surface area contributed by atoms with Crippen molar-refractivity contribution >= 4 is 17.7 Å². The first-order chi connectivity index (χ1) is 16.9. The van der Waals surface area contributed by atoms with Gasteiger partial charge in [0.25, 0.3) is 0 Å². The largest absolute Gasteiger partial charge is 0.345 e. The minimum atomic E-state index is -0.899. The second kappa shape index (κ2) is 11.5. The van der Waals surface area contributed by atoms with E-state index in [9.17, 15) is 14.4 Å². The number of benzene rings is 1. The van der Waals surface area contributed by atoms with Crippen molar-refractivity contribution in [2.45, 2.75) is 83.3 Å². The number of rotatable bonds is 10. The van der Waals surface area contributed by atoms with Gasteiger partial charge in [0.05, 0.1) is 12.5 Å². The smallest absolute Gasteiger partial charge is 0.243 e. The van der Waals surface area contributed by atoms with E-state index < -0.39 is 6.04 Å². The highest BCUT2D eigenvalue weighted by Gasteiger charge is 2.32. The van der Waals surface area contributed by atoms with Crippen molar-refractivity contribution in [1.82, 2.24) is 25.5 Å². The number of carbonyl (C=O) groups is 3. The summed E-state index contributed by atoms with van der Waals surface area (Å²) >= 11 is 0. The number of hydrogen-bond acceptors (Lipinski definition) is 4. The fraction of sp³-hybridized carbons (Fsp3) is 0.556. The molecule has 1 saturated carbocycles. The van der Waals surface area contributed by atoms with E-state index in [0.29, 0.717) is 24.7 Å². The summed E-state index contributed by atoms with van der Waals surface area (Å²) in [6.45, 7) is 4.60. The van der Waals surface area contributed by atoms with Crippen LogP contribution in [0.15, 0.2) is 36.5 Å². The number of nitrogens with zero attached hydrogens (tertiary/aromatic N) is 2. The Kier molecular flexibility index (Phi) is 8.21. The Bertz CT molecular complexity index is 1020. The number of likely N-dealkylation sites (tertiary alicyclic amines) is 1. The molecule has 3 N–H and O–H groups in total. The third-order valence-corrected chi connectivity index (χ3v) is 6.98. The van der Waals surface area contributed by atoms with Crippen molar-refractivity contribution < 1.29 is 14.4 Å². The number of aromatic amines is 1. The van der Waals surface area contributed by atoms with Gasteiger partial charge < -0.3 is 20.5 Å². The summed E-state index contributed by atoms with van der Waals surface area (Å²) in [6, 6.07) is 8.96. The lowest BCUT2D eigenvalue weighted by atomic mass is 10.0. The van der Waals surface area contributed by atoms with E-state index in [1.807, 2.05) is 36.9 Å². The molecule has 3 atom stereocenters. The Labute approximate surface area is 207 Å². The lowest BCUT2D eigenvalue weighted by molar-refractivity contribution is -0.138. The lowest BCUT2D eigenvalue weighted by Gasteiger charge is -2.34. The molecule has 0 spiro atoms. The molecule has 35 heavy (non-hydrogen) atoms. The molecule has 1 aromatic heterocycles. The van der Waals surface area contributed by atoms with Gasteiger partial charge in [-0.3, -0.25) is 14.4 Å². The molecule has 2 aromatic rings. The van der Waals surface area contributed by atoms with Crippen LogP contribution in [0.2, 0.25) is 0 Å². The molecule has 1 aromatic carbocycles. The number of piperidine rings is 1. The lowest BCUT2D eigenvalue weighted by Crippen LogP contribution is -2.51. The summed E-state index contributed by atoms with van der Waals surface area (Å²) in [5, 5.41) is 5.79. The SMILES string of the molecule is CC1CCCCN1C(=O)CC(NC(=O)CC1CC1)C(=O)N[C@@H](C)c1ncc(Cc2ccccc2)[nH]1. The zero-order chi connectivity index (χ0) is 24.8.